The quantitative estimate of drug-likeness (QED) is 0.191. The summed E-state index contributed by atoms with van der Waals surface area (Å²) in [5, 5.41) is 10.4. The third-order valence-corrected chi connectivity index (χ3v) is 14.6. The van der Waals surface area contributed by atoms with E-state index in [0.717, 1.165) is 19.3 Å². The van der Waals surface area contributed by atoms with E-state index in [-0.39, 0.29) is 40.3 Å². The fourth-order valence-corrected chi connectivity index (χ4v) is 12.7. The lowest BCUT2D eigenvalue weighted by Gasteiger charge is -2.73. The molecule has 0 N–H and O–H groups in total. The molecule has 39 heavy (non-hydrogen) atoms. The van der Waals surface area contributed by atoms with E-state index < -0.39 is 5.09 Å². The lowest BCUT2D eigenvalue weighted by molar-refractivity contribution is -0.758. The van der Waals surface area contributed by atoms with Crippen molar-refractivity contribution in [3.63, 3.8) is 0 Å². The van der Waals surface area contributed by atoms with Gasteiger partial charge in [-0.2, -0.15) is 0 Å². The van der Waals surface area contributed by atoms with E-state index in [4.69, 9.17) is 9.57 Å². The Labute approximate surface area is 236 Å². The number of carbonyl (C=O) groups is 1. The molecule has 0 aromatic rings. The second-order valence-electron chi connectivity index (χ2n) is 16.3. The van der Waals surface area contributed by atoms with Crippen LogP contribution in [-0.4, -0.2) is 23.8 Å². The molecule has 0 unspecified atom stereocenters. The zero-order valence-electron chi connectivity index (χ0n) is 26.0. The van der Waals surface area contributed by atoms with Crippen LogP contribution in [0.15, 0.2) is 0 Å². The van der Waals surface area contributed by atoms with Crippen molar-refractivity contribution < 1.29 is 19.5 Å². The van der Waals surface area contributed by atoms with Gasteiger partial charge in [-0.1, -0.05) is 48.5 Å². The molecule has 0 aromatic heterocycles. The number of esters is 1. The van der Waals surface area contributed by atoms with E-state index in [0.29, 0.717) is 40.9 Å². The first kappa shape index (κ1) is 29.2. The van der Waals surface area contributed by atoms with Crippen LogP contribution in [0, 0.1) is 72.7 Å². The van der Waals surface area contributed by atoms with Gasteiger partial charge in [0.05, 0.1) is 6.61 Å². The highest BCUT2D eigenvalue weighted by atomic mass is 16.9. The molecule has 0 radical (unpaired) electrons. The van der Waals surface area contributed by atoms with E-state index in [1.165, 1.54) is 51.4 Å². The van der Waals surface area contributed by atoms with Gasteiger partial charge in [0.2, 0.25) is 0 Å². The Morgan fingerprint density at radius 3 is 2.26 bits per heavy atom. The molecule has 0 amide bonds. The minimum absolute atomic E-state index is 0.00925. The van der Waals surface area contributed by atoms with Gasteiger partial charge in [-0.3, -0.25) is 4.79 Å². The number of hydrogen-bond donors (Lipinski definition) is 0. The zero-order chi connectivity index (χ0) is 28.6. The van der Waals surface area contributed by atoms with Crippen LogP contribution < -0.4 is 0 Å². The predicted molar refractivity (Wildman–Crippen MR) is 152 cm³/mol. The van der Waals surface area contributed by atoms with Crippen molar-refractivity contribution in [3.05, 3.63) is 10.1 Å². The van der Waals surface area contributed by atoms with Gasteiger partial charge in [-0.15, -0.1) is 10.1 Å². The van der Waals surface area contributed by atoms with Gasteiger partial charge in [0, 0.05) is 12.3 Å². The smallest absolute Gasteiger partial charge is 0.302 e. The maximum Gasteiger partial charge on any atom is 0.302 e. The number of nitrogens with zero attached hydrogens (tertiary/aromatic N) is 1. The molecule has 0 spiro atoms. The predicted octanol–water partition coefficient (Wildman–Crippen LogP) is 8.25. The maximum absolute atomic E-state index is 11.9. The normalized spacial score (nSPS) is 48.3. The van der Waals surface area contributed by atoms with Gasteiger partial charge in [0.25, 0.3) is 5.09 Å². The van der Waals surface area contributed by atoms with E-state index in [1.54, 1.807) is 6.92 Å². The van der Waals surface area contributed by atoms with Gasteiger partial charge >= 0.3 is 5.97 Å². The van der Waals surface area contributed by atoms with Crippen molar-refractivity contribution in [2.24, 2.45) is 62.6 Å². The van der Waals surface area contributed by atoms with Crippen molar-refractivity contribution >= 4 is 5.97 Å². The van der Waals surface area contributed by atoms with Crippen LogP contribution in [0.4, 0.5) is 0 Å². The van der Waals surface area contributed by atoms with E-state index in [9.17, 15) is 14.9 Å². The molecular weight excluding hydrogens is 490 g/mol. The molecule has 5 aliphatic carbocycles. The minimum atomic E-state index is -0.601. The Morgan fingerprint density at radius 1 is 0.897 bits per heavy atom. The van der Waals surface area contributed by atoms with Crippen LogP contribution in [-0.2, 0) is 14.4 Å². The van der Waals surface area contributed by atoms with Crippen LogP contribution in [0.5, 0.6) is 0 Å². The molecule has 6 heteroatoms. The van der Waals surface area contributed by atoms with Crippen molar-refractivity contribution in [2.75, 3.05) is 6.61 Å². The Hall–Kier alpha value is -1.33. The van der Waals surface area contributed by atoms with E-state index in [1.807, 2.05) is 0 Å². The molecule has 0 aliphatic heterocycles. The minimum Gasteiger partial charge on any atom is -0.462 e. The average molecular weight is 546 g/mol. The lowest BCUT2D eigenvalue weighted by Crippen LogP contribution is -2.66. The zero-order valence-corrected chi connectivity index (χ0v) is 26.0. The summed E-state index contributed by atoms with van der Waals surface area (Å²) in [6.45, 7) is 19.3. The molecule has 5 saturated carbocycles. The van der Waals surface area contributed by atoms with Gasteiger partial charge < -0.3 is 9.57 Å². The number of carbonyl (C=O) groups excluding carboxylic acids is 1. The van der Waals surface area contributed by atoms with Gasteiger partial charge in [-0.25, -0.2) is 0 Å². The molecule has 5 fully saturated rings. The third kappa shape index (κ3) is 4.18. The summed E-state index contributed by atoms with van der Waals surface area (Å²) < 4.78 is 5.92. The van der Waals surface area contributed by atoms with Gasteiger partial charge in [-0.05, 0) is 128 Å². The van der Waals surface area contributed by atoms with Crippen LogP contribution in [0.25, 0.3) is 0 Å². The average Bonchev–Trinajstić information content (AvgIpc) is 3.21. The molecule has 5 aliphatic rings. The molecular formula is C33H55NO5. The first-order valence-corrected chi connectivity index (χ1v) is 16.1. The van der Waals surface area contributed by atoms with E-state index in [2.05, 4.69) is 48.5 Å². The SMILES string of the molecule is CC(=O)O[C@@H]1CC[C@]2(C)[C@H](CC[C@@]3(C)[C@H]2CC[C@@H]2[C@H]4[C@H](C(C)C)CC[C@@]4(CCO[N+](=O)[O-])CC[C@]23C)C1(C)C. The van der Waals surface area contributed by atoms with Crippen LogP contribution in [0.1, 0.15) is 126 Å². The van der Waals surface area contributed by atoms with Crippen LogP contribution >= 0.6 is 0 Å². The Morgan fingerprint density at radius 2 is 1.62 bits per heavy atom. The lowest BCUT2D eigenvalue weighted by atomic mass is 9.32. The maximum atomic E-state index is 11.9. The monoisotopic (exact) mass is 545 g/mol. The first-order valence-electron chi connectivity index (χ1n) is 16.1. The number of ether oxygens (including phenoxy) is 1. The topological polar surface area (TPSA) is 78.7 Å². The van der Waals surface area contributed by atoms with Gasteiger partial charge in [0.1, 0.15) is 6.10 Å². The van der Waals surface area contributed by atoms with Crippen LogP contribution in [0.2, 0.25) is 0 Å². The highest BCUT2D eigenvalue weighted by molar-refractivity contribution is 5.66. The fourth-order valence-electron chi connectivity index (χ4n) is 12.7. The Kier molecular flexibility index (Phi) is 7.19. The molecule has 222 valence electrons. The summed E-state index contributed by atoms with van der Waals surface area (Å²) in [5.41, 5.74) is 1.03. The molecule has 0 heterocycles. The van der Waals surface area contributed by atoms with Crippen molar-refractivity contribution in [2.45, 2.75) is 132 Å². The second-order valence-corrected chi connectivity index (χ2v) is 16.3. The number of rotatable bonds is 6. The standard InChI is InChI=1S/C33H55NO5/c1-21(2)23-11-16-33(19-20-38-34(36)37)18-17-31(7)24(28(23)33)9-10-26-30(6)14-13-27(39-22(3)35)29(4,5)25(30)12-15-32(26,31)8/h21,23-28H,9-20H2,1-8H3/t23-,24+,25+,26-,27+,28+,30+,31+,32-,33-/m0/s1. The molecule has 0 saturated heterocycles. The first-order chi connectivity index (χ1) is 18.1. The summed E-state index contributed by atoms with van der Waals surface area (Å²) in [6, 6.07) is 0. The summed E-state index contributed by atoms with van der Waals surface area (Å²) in [7, 11) is 0. The van der Waals surface area contributed by atoms with Gasteiger partial charge in [0.15, 0.2) is 0 Å². The van der Waals surface area contributed by atoms with E-state index >= 15 is 0 Å². The second kappa shape index (κ2) is 9.61. The molecule has 0 bridgehead atoms. The number of hydrogen-bond acceptors (Lipinski definition) is 5. The van der Waals surface area contributed by atoms with Crippen molar-refractivity contribution in [1.82, 2.24) is 0 Å². The third-order valence-electron chi connectivity index (χ3n) is 14.6. The highest BCUT2D eigenvalue weighted by Crippen LogP contribution is 2.78. The Balaban J connectivity index is 1.47. The summed E-state index contributed by atoms with van der Waals surface area (Å²) in [5.74, 6) is 3.79. The summed E-state index contributed by atoms with van der Waals surface area (Å²) in [6.07, 6.45) is 12.9. The largest absolute Gasteiger partial charge is 0.462 e. The summed E-state index contributed by atoms with van der Waals surface area (Å²) in [4.78, 5) is 27.9. The number of fused-ring (bicyclic) bond motifs is 7. The van der Waals surface area contributed by atoms with Crippen molar-refractivity contribution in [1.29, 1.82) is 0 Å². The Bertz CT molecular complexity index is 979. The molecule has 0 aromatic carbocycles. The summed E-state index contributed by atoms with van der Waals surface area (Å²) >= 11 is 0. The fraction of sp³-hybridized carbons (Fsp3) is 0.970. The molecule has 5 rings (SSSR count). The highest BCUT2D eigenvalue weighted by Gasteiger charge is 2.71. The molecule has 10 atom stereocenters. The molecule has 6 nitrogen and oxygen atoms in total. The van der Waals surface area contributed by atoms with Crippen LogP contribution in [0.3, 0.4) is 0 Å². The van der Waals surface area contributed by atoms with Crippen molar-refractivity contribution in [3.8, 4) is 0 Å².